The lowest BCUT2D eigenvalue weighted by atomic mass is 10.0. The summed E-state index contributed by atoms with van der Waals surface area (Å²) in [6.45, 7) is 4.73. The van der Waals surface area contributed by atoms with Gasteiger partial charge in [0.2, 0.25) is 10.0 Å². The predicted octanol–water partition coefficient (Wildman–Crippen LogP) is 4.26. The SMILES string of the molecule is CCN(CC)S(=O)(=O)c1ccc(CNC(=O)c2cc(-c3ccncc3)nc3ccccc23)cc1. The maximum absolute atomic E-state index is 13.2. The molecule has 0 radical (unpaired) electrons. The number of sulfonamides is 1. The van der Waals surface area contributed by atoms with E-state index in [0.29, 0.717) is 24.3 Å². The van der Waals surface area contributed by atoms with Gasteiger partial charge in [0.25, 0.3) is 5.91 Å². The average molecular weight is 475 g/mol. The van der Waals surface area contributed by atoms with Crippen molar-refractivity contribution in [3.05, 3.63) is 90.3 Å². The van der Waals surface area contributed by atoms with E-state index in [1.54, 1.807) is 42.7 Å². The van der Waals surface area contributed by atoms with Crippen LogP contribution < -0.4 is 5.32 Å². The maximum atomic E-state index is 13.2. The van der Waals surface area contributed by atoms with Gasteiger partial charge in [-0.15, -0.1) is 0 Å². The van der Waals surface area contributed by atoms with Gasteiger partial charge >= 0.3 is 0 Å². The number of nitrogens with one attached hydrogen (secondary N) is 1. The van der Waals surface area contributed by atoms with Gasteiger partial charge in [0.1, 0.15) is 0 Å². The molecule has 1 N–H and O–H groups in total. The molecular weight excluding hydrogens is 448 g/mol. The van der Waals surface area contributed by atoms with E-state index in [9.17, 15) is 13.2 Å². The Morgan fingerprint density at radius 3 is 2.29 bits per heavy atom. The van der Waals surface area contributed by atoms with Gasteiger partial charge < -0.3 is 5.32 Å². The van der Waals surface area contributed by atoms with Crippen molar-refractivity contribution in [1.29, 1.82) is 0 Å². The first-order chi connectivity index (χ1) is 16.4. The van der Waals surface area contributed by atoms with Crippen LogP contribution in [0.3, 0.4) is 0 Å². The Labute approximate surface area is 199 Å². The number of benzene rings is 2. The molecule has 2 aromatic heterocycles. The monoisotopic (exact) mass is 474 g/mol. The maximum Gasteiger partial charge on any atom is 0.252 e. The lowest BCUT2D eigenvalue weighted by molar-refractivity contribution is 0.0952. The summed E-state index contributed by atoms with van der Waals surface area (Å²) in [5.74, 6) is -0.228. The van der Waals surface area contributed by atoms with E-state index < -0.39 is 10.0 Å². The third kappa shape index (κ3) is 4.83. The lowest BCUT2D eigenvalue weighted by Crippen LogP contribution is -2.30. The van der Waals surface area contributed by atoms with Gasteiger partial charge in [-0.3, -0.25) is 9.78 Å². The Morgan fingerprint density at radius 2 is 1.62 bits per heavy atom. The van der Waals surface area contributed by atoms with Gasteiger partial charge in [-0.05, 0) is 42.0 Å². The Morgan fingerprint density at radius 1 is 0.941 bits per heavy atom. The third-order valence-electron chi connectivity index (χ3n) is 5.66. The second kappa shape index (κ2) is 10.1. The highest BCUT2D eigenvalue weighted by molar-refractivity contribution is 7.89. The van der Waals surface area contributed by atoms with E-state index in [2.05, 4.69) is 10.3 Å². The minimum absolute atomic E-state index is 0.228. The number of carbonyl (C=O) groups is 1. The van der Waals surface area contributed by atoms with E-state index in [1.165, 1.54) is 4.31 Å². The first-order valence-electron chi connectivity index (χ1n) is 11.1. The summed E-state index contributed by atoms with van der Waals surface area (Å²) < 4.78 is 26.8. The molecule has 0 unspecified atom stereocenters. The molecule has 4 rings (SSSR count). The van der Waals surface area contributed by atoms with Gasteiger partial charge in [0.05, 0.1) is 21.7 Å². The van der Waals surface area contributed by atoms with Crippen LogP contribution in [-0.4, -0.2) is 41.7 Å². The second-order valence-corrected chi connectivity index (χ2v) is 9.66. The van der Waals surface area contributed by atoms with Gasteiger partial charge in [0.15, 0.2) is 0 Å². The molecular formula is C26H26N4O3S. The first-order valence-corrected chi connectivity index (χ1v) is 12.6. The summed E-state index contributed by atoms with van der Waals surface area (Å²) in [5.41, 5.74) is 3.63. The van der Waals surface area contributed by atoms with Crippen molar-refractivity contribution in [3.8, 4) is 11.3 Å². The van der Waals surface area contributed by atoms with Crippen molar-refractivity contribution in [3.63, 3.8) is 0 Å². The highest BCUT2D eigenvalue weighted by Gasteiger charge is 2.21. The Balaban J connectivity index is 1.56. The predicted molar refractivity (Wildman–Crippen MR) is 133 cm³/mol. The first kappa shape index (κ1) is 23.5. The fourth-order valence-corrected chi connectivity index (χ4v) is 5.26. The van der Waals surface area contributed by atoms with Crippen molar-refractivity contribution >= 4 is 26.8 Å². The van der Waals surface area contributed by atoms with Crippen molar-refractivity contribution in [2.24, 2.45) is 0 Å². The fourth-order valence-electron chi connectivity index (χ4n) is 3.80. The average Bonchev–Trinajstić information content (AvgIpc) is 2.88. The van der Waals surface area contributed by atoms with Crippen LogP contribution in [0.5, 0.6) is 0 Å². The van der Waals surface area contributed by atoms with Crippen molar-refractivity contribution in [2.45, 2.75) is 25.3 Å². The summed E-state index contributed by atoms with van der Waals surface area (Å²) in [6.07, 6.45) is 3.38. The Bertz CT molecular complexity index is 1400. The van der Waals surface area contributed by atoms with E-state index in [-0.39, 0.29) is 17.3 Å². The summed E-state index contributed by atoms with van der Waals surface area (Å²) >= 11 is 0. The highest BCUT2D eigenvalue weighted by atomic mass is 32.2. The molecule has 34 heavy (non-hydrogen) atoms. The summed E-state index contributed by atoms with van der Waals surface area (Å²) in [4.78, 5) is 22.1. The second-order valence-electron chi connectivity index (χ2n) is 7.72. The topological polar surface area (TPSA) is 92.3 Å². The van der Waals surface area contributed by atoms with E-state index >= 15 is 0 Å². The van der Waals surface area contributed by atoms with Crippen molar-refractivity contribution in [1.82, 2.24) is 19.6 Å². The standard InChI is InChI=1S/C26H26N4O3S/c1-3-30(4-2)34(32,33)21-11-9-19(10-12-21)18-28-26(31)23-17-25(20-13-15-27-16-14-20)29-24-8-6-5-7-22(23)24/h5-17H,3-4,18H2,1-2H3,(H,28,31). The zero-order valence-electron chi connectivity index (χ0n) is 19.1. The molecule has 7 nitrogen and oxygen atoms in total. The summed E-state index contributed by atoms with van der Waals surface area (Å²) in [5, 5.41) is 3.71. The van der Waals surface area contributed by atoms with Crippen LogP contribution in [0.25, 0.3) is 22.2 Å². The minimum atomic E-state index is -3.51. The Hall–Kier alpha value is -3.62. The molecule has 1 amide bonds. The van der Waals surface area contributed by atoms with Crippen LogP contribution in [-0.2, 0) is 16.6 Å². The fraction of sp³-hybridized carbons (Fsp3) is 0.192. The number of hydrogen-bond donors (Lipinski definition) is 1. The minimum Gasteiger partial charge on any atom is -0.348 e. The summed E-state index contributed by atoms with van der Waals surface area (Å²) in [6, 6.07) is 19.6. The number of aromatic nitrogens is 2. The zero-order chi connectivity index (χ0) is 24.1. The molecule has 2 aromatic carbocycles. The molecule has 0 aliphatic carbocycles. The van der Waals surface area contributed by atoms with Crippen molar-refractivity contribution in [2.75, 3.05) is 13.1 Å². The molecule has 0 aliphatic rings. The third-order valence-corrected chi connectivity index (χ3v) is 7.72. The lowest BCUT2D eigenvalue weighted by Gasteiger charge is -2.18. The number of nitrogens with zero attached hydrogens (tertiary/aromatic N) is 3. The quantitative estimate of drug-likeness (QED) is 0.412. The number of rotatable bonds is 8. The van der Waals surface area contributed by atoms with E-state index in [1.807, 2.05) is 50.2 Å². The molecule has 0 bridgehead atoms. The largest absolute Gasteiger partial charge is 0.348 e. The van der Waals surface area contributed by atoms with Crippen LogP contribution in [0.4, 0.5) is 0 Å². The molecule has 4 aromatic rings. The number of hydrogen-bond acceptors (Lipinski definition) is 5. The van der Waals surface area contributed by atoms with Crippen molar-refractivity contribution < 1.29 is 13.2 Å². The molecule has 0 saturated heterocycles. The van der Waals surface area contributed by atoms with Crippen LogP contribution in [0.2, 0.25) is 0 Å². The van der Waals surface area contributed by atoms with E-state index in [4.69, 9.17) is 4.98 Å². The molecule has 0 saturated carbocycles. The zero-order valence-corrected chi connectivity index (χ0v) is 19.9. The normalized spacial score (nSPS) is 11.6. The molecule has 0 aliphatic heterocycles. The highest BCUT2D eigenvalue weighted by Crippen LogP contribution is 2.24. The van der Waals surface area contributed by atoms with Gasteiger partial charge in [-0.2, -0.15) is 4.31 Å². The van der Waals surface area contributed by atoms with Gasteiger partial charge in [-0.25, -0.2) is 13.4 Å². The van der Waals surface area contributed by atoms with Crippen LogP contribution in [0.15, 0.2) is 84.0 Å². The van der Waals surface area contributed by atoms with Crippen LogP contribution in [0.1, 0.15) is 29.8 Å². The molecule has 2 heterocycles. The number of pyridine rings is 2. The number of fused-ring (bicyclic) bond motifs is 1. The van der Waals surface area contributed by atoms with Gasteiger partial charge in [-0.1, -0.05) is 44.2 Å². The summed E-state index contributed by atoms with van der Waals surface area (Å²) in [7, 11) is -3.51. The number of para-hydroxylation sites is 1. The van der Waals surface area contributed by atoms with E-state index in [0.717, 1.165) is 22.0 Å². The molecule has 0 fully saturated rings. The molecule has 174 valence electrons. The number of amides is 1. The Kier molecular flexibility index (Phi) is 7.00. The molecule has 8 heteroatoms. The smallest absolute Gasteiger partial charge is 0.252 e. The van der Waals surface area contributed by atoms with Crippen LogP contribution >= 0.6 is 0 Å². The molecule has 0 atom stereocenters. The molecule has 0 spiro atoms. The van der Waals surface area contributed by atoms with Crippen LogP contribution in [0, 0.1) is 0 Å². The van der Waals surface area contributed by atoms with Gasteiger partial charge in [0, 0.05) is 43.0 Å². The number of carbonyl (C=O) groups excluding carboxylic acids is 1.